The van der Waals surface area contributed by atoms with Crippen molar-refractivity contribution >= 4 is 40.2 Å². The first-order chi connectivity index (χ1) is 11.1. The first kappa shape index (κ1) is 15.8. The fourth-order valence-electron chi connectivity index (χ4n) is 2.14. The average Bonchev–Trinajstić information content (AvgIpc) is 2.94. The highest BCUT2D eigenvalue weighted by molar-refractivity contribution is 6.35. The molecule has 2 N–H and O–H groups in total. The fourth-order valence-corrected chi connectivity index (χ4v) is 2.66. The minimum Gasteiger partial charge on any atom is -0.436 e. The molecule has 0 aliphatic heterocycles. The van der Waals surface area contributed by atoms with Gasteiger partial charge in [0.25, 0.3) is 5.91 Å². The second-order valence-electron chi connectivity index (χ2n) is 4.84. The van der Waals surface area contributed by atoms with E-state index >= 15 is 0 Å². The zero-order valence-electron chi connectivity index (χ0n) is 11.8. The number of carbonyl (C=O) groups is 1. The third-order valence-electron chi connectivity index (χ3n) is 3.16. The molecular weight excluding hydrogens is 339 g/mol. The topological polar surface area (TPSA) is 75.4 Å². The molecule has 0 aliphatic rings. The molecule has 0 saturated carbocycles. The fraction of sp³-hybridized carbons (Fsp3) is 0.125. The number of aliphatic hydroxyl groups excluding tert-OH is 1. The van der Waals surface area contributed by atoms with Crippen molar-refractivity contribution in [3.05, 3.63) is 52.0 Å². The van der Waals surface area contributed by atoms with Crippen LogP contribution in [0.5, 0.6) is 0 Å². The lowest BCUT2D eigenvalue weighted by Crippen LogP contribution is -2.26. The van der Waals surface area contributed by atoms with Gasteiger partial charge in [-0.3, -0.25) is 4.79 Å². The Hall–Kier alpha value is -2.08. The van der Waals surface area contributed by atoms with E-state index in [9.17, 15) is 4.79 Å². The lowest BCUT2D eigenvalue weighted by molar-refractivity contribution is 0.0945. The number of benzene rings is 2. The number of hydrogen-bond donors (Lipinski definition) is 2. The van der Waals surface area contributed by atoms with Gasteiger partial charge in [-0.25, -0.2) is 4.98 Å². The number of aliphatic hydroxyl groups is 1. The number of nitrogens with one attached hydrogen (secondary N) is 1. The van der Waals surface area contributed by atoms with Gasteiger partial charge in [0, 0.05) is 27.7 Å². The molecule has 1 heterocycles. The van der Waals surface area contributed by atoms with Crippen LogP contribution in [-0.4, -0.2) is 29.1 Å². The minimum absolute atomic E-state index is 0.115. The van der Waals surface area contributed by atoms with Crippen molar-refractivity contribution in [2.45, 2.75) is 0 Å². The third kappa shape index (κ3) is 3.47. The van der Waals surface area contributed by atoms with E-state index in [0.29, 0.717) is 38.2 Å². The zero-order valence-corrected chi connectivity index (χ0v) is 13.4. The largest absolute Gasteiger partial charge is 0.436 e. The predicted molar refractivity (Wildman–Crippen MR) is 88.9 cm³/mol. The lowest BCUT2D eigenvalue weighted by atomic mass is 10.2. The van der Waals surface area contributed by atoms with Crippen LogP contribution < -0.4 is 5.32 Å². The van der Waals surface area contributed by atoms with Gasteiger partial charge in [0.15, 0.2) is 5.58 Å². The molecule has 118 valence electrons. The molecule has 1 amide bonds. The van der Waals surface area contributed by atoms with Crippen molar-refractivity contribution in [3.8, 4) is 11.5 Å². The van der Waals surface area contributed by atoms with Crippen molar-refractivity contribution < 1.29 is 14.3 Å². The van der Waals surface area contributed by atoms with Crippen LogP contribution >= 0.6 is 23.2 Å². The predicted octanol–water partition coefficient (Wildman–Crippen LogP) is 3.52. The lowest BCUT2D eigenvalue weighted by Gasteiger charge is -2.02. The Kier molecular flexibility index (Phi) is 4.52. The molecule has 0 bridgehead atoms. The quantitative estimate of drug-likeness (QED) is 0.754. The average molecular weight is 351 g/mol. The Bertz CT molecular complexity index is 857. The molecule has 0 atom stereocenters. The van der Waals surface area contributed by atoms with E-state index in [4.69, 9.17) is 32.7 Å². The van der Waals surface area contributed by atoms with E-state index in [0.717, 1.165) is 0 Å². The second-order valence-corrected chi connectivity index (χ2v) is 5.71. The van der Waals surface area contributed by atoms with E-state index in [-0.39, 0.29) is 19.1 Å². The number of carbonyl (C=O) groups excluding carboxylic acids is 1. The van der Waals surface area contributed by atoms with E-state index in [1.165, 1.54) is 0 Å². The van der Waals surface area contributed by atoms with Gasteiger partial charge in [-0.05, 0) is 36.4 Å². The van der Waals surface area contributed by atoms with Crippen LogP contribution in [0.2, 0.25) is 10.0 Å². The number of hydrogen-bond acceptors (Lipinski definition) is 4. The number of aromatic nitrogens is 1. The number of nitrogens with zero attached hydrogens (tertiary/aromatic N) is 1. The molecular formula is C16H12Cl2N2O3. The van der Waals surface area contributed by atoms with Crippen molar-refractivity contribution in [2.75, 3.05) is 13.2 Å². The summed E-state index contributed by atoms with van der Waals surface area (Å²) < 4.78 is 5.70. The Balaban J connectivity index is 1.97. The molecule has 7 heteroatoms. The summed E-state index contributed by atoms with van der Waals surface area (Å²) in [5.41, 5.74) is 2.19. The first-order valence-electron chi connectivity index (χ1n) is 6.83. The molecule has 23 heavy (non-hydrogen) atoms. The number of amides is 1. The Morgan fingerprint density at radius 1 is 1.17 bits per heavy atom. The van der Waals surface area contributed by atoms with E-state index in [1.807, 2.05) is 0 Å². The molecule has 1 aromatic heterocycles. The van der Waals surface area contributed by atoms with Gasteiger partial charge in [0.1, 0.15) is 5.52 Å². The summed E-state index contributed by atoms with van der Waals surface area (Å²) in [6.07, 6.45) is 0. The third-order valence-corrected chi connectivity index (χ3v) is 3.59. The Morgan fingerprint density at radius 3 is 2.61 bits per heavy atom. The van der Waals surface area contributed by atoms with Crippen LogP contribution in [0.25, 0.3) is 22.6 Å². The SMILES string of the molecule is O=C(NCCO)c1ccc2nc(-c3cc(Cl)cc(Cl)c3)oc2c1. The van der Waals surface area contributed by atoms with E-state index < -0.39 is 0 Å². The molecule has 0 unspecified atom stereocenters. The van der Waals surface area contributed by atoms with Gasteiger partial charge in [-0.15, -0.1) is 0 Å². The van der Waals surface area contributed by atoms with Gasteiger partial charge >= 0.3 is 0 Å². The van der Waals surface area contributed by atoms with Crippen LogP contribution in [0.4, 0.5) is 0 Å². The van der Waals surface area contributed by atoms with Crippen molar-refractivity contribution in [2.24, 2.45) is 0 Å². The standard InChI is InChI=1S/C16H12Cl2N2O3/c17-11-5-10(6-12(18)8-11)16-20-13-2-1-9(7-14(13)23-16)15(22)19-3-4-21/h1-2,5-8,21H,3-4H2,(H,19,22). The summed E-state index contributed by atoms with van der Waals surface area (Å²) >= 11 is 12.0. The number of rotatable bonds is 4. The zero-order chi connectivity index (χ0) is 16.4. The maximum atomic E-state index is 11.9. The summed E-state index contributed by atoms with van der Waals surface area (Å²) in [5.74, 6) is 0.0852. The molecule has 3 aromatic rings. The number of fused-ring (bicyclic) bond motifs is 1. The van der Waals surface area contributed by atoms with Crippen LogP contribution in [0, 0.1) is 0 Å². The normalized spacial score (nSPS) is 10.9. The Morgan fingerprint density at radius 2 is 1.91 bits per heavy atom. The summed E-state index contributed by atoms with van der Waals surface area (Å²) in [5, 5.41) is 12.3. The van der Waals surface area contributed by atoms with Crippen LogP contribution in [-0.2, 0) is 0 Å². The Labute approximate surface area is 141 Å². The molecule has 5 nitrogen and oxygen atoms in total. The highest BCUT2D eigenvalue weighted by Gasteiger charge is 2.12. The van der Waals surface area contributed by atoms with Gasteiger partial charge in [-0.2, -0.15) is 0 Å². The van der Waals surface area contributed by atoms with Crippen LogP contribution in [0.1, 0.15) is 10.4 Å². The molecule has 0 radical (unpaired) electrons. The molecule has 2 aromatic carbocycles. The van der Waals surface area contributed by atoms with Crippen LogP contribution in [0.3, 0.4) is 0 Å². The summed E-state index contributed by atoms with van der Waals surface area (Å²) in [6, 6.07) is 9.97. The first-order valence-corrected chi connectivity index (χ1v) is 7.58. The van der Waals surface area contributed by atoms with Crippen LogP contribution in [0.15, 0.2) is 40.8 Å². The number of oxazole rings is 1. The second kappa shape index (κ2) is 6.58. The summed E-state index contributed by atoms with van der Waals surface area (Å²) in [6.45, 7) is 0.0789. The smallest absolute Gasteiger partial charge is 0.251 e. The van der Waals surface area contributed by atoms with Gasteiger partial charge < -0.3 is 14.8 Å². The van der Waals surface area contributed by atoms with Gasteiger partial charge in [0.05, 0.1) is 6.61 Å². The van der Waals surface area contributed by atoms with Crippen molar-refractivity contribution in [3.63, 3.8) is 0 Å². The molecule has 0 aliphatic carbocycles. The van der Waals surface area contributed by atoms with Crippen molar-refractivity contribution in [1.82, 2.24) is 10.3 Å². The summed E-state index contributed by atoms with van der Waals surface area (Å²) in [4.78, 5) is 16.3. The molecule has 3 rings (SSSR count). The van der Waals surface area contributed by atoms with E-state index in [2.05, 4.69) is 10.3 Å². The number of halogens is 2. The highest BCUT2D eigenvalue weighted by atomic mass is 35.5. The highest BCUT2D eigenvalue weighted by Crippen LogP contribution is 2.29. The maximum Gasteiger partial charge on any atom is 0.251 e. The molecule has 0 fully saturated rings. The monoisotopic (exact) mass is 350 g/mol. The van der Waals surface area contributed by atoms with Gasteiger partial charge in [0.2, 0.25) is 5.89 Å². The van der Waals surface area contributed by atoms with Gasteiger partial charge in [-0.1, -0.05) is 23.2 Å². The van der Waals surface area contributed by atoms with Crippen molar-refractivity contribution in [1.29, 1.82) is 0 Å². The maximum absolute atomic E-state index is 11.9. The molecule has 0 spiro atoms. The minimum atomic E-state index is -0.287. The molecule has 0 saturated heterocycles. The summed E-state index contributed by atoms with van der Waals surface area (Å²) in [7, 11) is 0. The van der Waals surface area contributed by atoms with E-state index in [1.54, 1.807) is 36.4 Å².